The summed E-state index contributed by atoms with van der Waals surface area (Å²) in [7, 11) is 1.62. The number of methoxy groups -OCH3 is 1. The lowest BCUT2D eigenvalue weighted by atomic mass is 10.1. The van der Waals surface area contributed by atoms with Crippen molar-refractivity contribution < 1.29 is 14.3 Å². The highest BCUT2D eigenvalue weighted by molar-refractivity contribution is 5.81. The first-order valence-corrected chi connectivity index (χ1v) is 8.35. The van der Waals surface area contributed by atoms with Crippen LogP contribution in [0.4, 0.5) is 5.69 Å². The van der Waals surface area contributed by atoms with E-state index in [9.17, 15) is 4.79 Å². The highest BCUT2D eigenvalue weighted by Gasteiger charge is 2.06. The Bertz CT molecular complexity index is 688. The number of benzene rings is 2. The van der Waals surface area contributed by atoms with Gasteiger partial charge in [0, 0.05) is 5.69 Å². The number of hydrogen-bond donors (Lipinski definition) is 2. The van der Waals surface area contributed by atoms with Crippen LogP contribution in [-0.4, -0.2) is 32.7 Å². The second-order valence-electron chi connectivity index (χ2n) is 6.00. The molecule has 0 aliphatic heterocycles. The van der Waals surface area contributed by atoms with Crippen molar-refractivity contribution in [3.05, 3.63) is 53.1 Å². The van der Waals surface area contributed by atoms with Crippen molar-refractivity contribution in [2.75, 3.05) is 32.1 Å². The van der Waals surface area contributed by atoms with Crippen LogP contribution in [0.15, 0.2) is 36.4 Å². The van der Waals surface area contributed by atoms with Gasteiger partial charge in [-0.25, -0.2) is 0 Å². The topological polar surface area (TPSA) is 59.6 Å². The second kappa shape index (κ2) is 8.97. The molecule has 5 nitrogen and oxygen atoms in total. The quantitative estimate of drug-likeness (QED) is 0.723. The molecule has 0 radical (unpaired) electrons. The maximum absolute atomic E-state index is 12.0. The van der Waals surface area contributed by atoms with Gasteiger partial charge in [-0.2, -0.15) is 0 Å². The van der Waals surface area contributed by atoms with Crippen molar-refractivity contribution in [2.24, 2.45) is 0 Å². The molecule has 0 spiro atoms. The fraction of sp³-hybridized carbons (Fsp3) is 0.350. The first-order valence-electron chi connectivity index (χ1n) is 8.35. The Morgan fingerprint density at radius 3 is 2.20 bits per heavy atom. The summed E-state index contributed by atoms with van der Waals surface area (Å²) in [5, 5.41) is 6.06. The van der Waals surface area contributed by atoms with Crippen LogP contribution in [0.25, 0.3) is 0 Å². The molecule has 5 heteroatoms. The Kier molecular flexibility index (Phi) is 6.69. The van der Waals surface area contributed by atoms with Crippen molar-refractivity contribution >= 4 is 11.6 Å². The molecule has 2 rings (SSSR count). The minimum atomic E-state index is -0.0577. The lowest BCUT2D eigenvalue weighted by molar-refractivity contribution is -0.119. The predicted molar refractivity (Wildman–Crippen MR) is 101 cm³/mol. The van der Waals surface area contributed by atoms with Crippen molar-refractivity contribution in [3.63, 3.8) is 0 Å². The third-order valence-electron chi connectivity index (χ3n) is 3.86. The van der Waals surface area contributed by atoms with Gasteiger partial charge in [0.1, 0.15) is 18.1 Å². The van der Waals surface area contributed by atoms with Crippen LogP contribution in [-0.2, 0) is 4.79 Å². The maximum Gasteiger partial charge on any atom is 0.239 e. The highest BCUT2D eigenvalue weighted by Crippen LogP contribution is 2.21. The van der Waals surface area contributed by atoms with Crippen molar-refractivity contribution in [1.82, 2.24) is 5.32 Å². The Labute approximate surface area is 149 Å². The average Bonchev–Trinajstić information content (AvgIpc) is 2.58. The number of nitrogens with one attached hydrogen (secondary N) is 2. The summed E-state index contributed by atoms with van der Waals surface area (Å²) in [6, 6.07) is 11.6. The van der Waals surface area contributed by atoms with Crippen LogP contribution in [0.1, 0.15) is 16.7 Å². The van der Waals surface area contributed by atoms with E-state index >= 15 is 0 Å². The van der Waals surface area contributed by atoms with Gasteiger partial charge in [-0.3, -0.25) is 4.79 Å². The molecule has 0 aliphatic carbocycles. The van der Waals surface area contributed by atoms with E-state index in [1.165, 1.54) is 5.56 Å². The standard InChI is InChI=1S/C20H26N2O3/c1-14-11-15(2)20(16(3)12-14)22-13-19(23)21-9-10-25-18-7-5-17(24-4)6-8-18/h5-8,11-12,22H,9-10,13H2,1-4H3,(H,21,23). The molecule has 2 aromatic rings. The minimum Gasteiger partial charge on any atom is -0.497 e. The SMILES string of the molecule is COc1ccc(OCCNC(=O)CNc2c(C)cc(C)cc2C)cc1. The van der Waals surface area contributed by atoms with Crippen LogP contribution in [0.3, 0.4) is 0 Å². The van der Waals surface area contributed by atoms with Gasteiger partial charge < -0.3 is 20.1 Å². The van der Waals surface area contributed by atoms with Crippen LogP contribution in [0.5, 0.6) is 11.5 Å². The van der Waals surface area contributed by atoms with Crippen LogP contribution >= 0.6 is 0 Å². The maximum atomic E-state index is 12.0. The predicted octanol–water partition coefficient (Wildman–Crippen LogP) is 3.23. The van der Waals surface area contributed by atoms with E-state index in [0.29, 0.717) is 13.2 Å². The lowest BCUT2D eigenvalue weighted by Crippen LogP contribution is -2.33. The number of amides is 1. The average molecular weight is 342 g/mol. The summed E-state index contributed by atoms with van der Waals surface area (Å²) >= 11 is 0. The number of anilines is 1. The number of carbonyl (C=O) groups is 1. The van der Waals surface area contributed by atoms with Crippen molar-refractivity contribution in [3.8, 4) is 11.5 Å². The van der Waals surface area contributed by atoms with Gasteiger partial charge in [-0.05, 0) is 56.2 Å². The summed E-state index contributed by atoms with van der Waals surface area (Å²) < 4.78 is 10.7. The van der Waals surface area contributed by atoms with E-state index in [4.69, 9.17) is 9.47 Å². The summed E-state index contributed by atoms with van der Waals surface area (Å²) in [4.78, 5) is 12.0. The molecule has 25 heavy (non-hydrogen) atoms. The molecule has 0 fully saturated rings. The van der Waals surface area contributed by atoms with E-state index in [1.54, 1.807) is 7.11 Å². The highest BCUT2D eigenvalue weighted by atomic mass is 16.5. The molecular weight excluding hydrogens is 316 g/mol. The van der Waals surface area contributed by atoms with E-state index in [0.717, 1.165) is 28.3 Å². The molecular formula is C20H26N2O3. The Balaban J connectivity index is 1.70. The number of aryl methyl sites for hydroxylation is 3. The largest absolute Gasteiger partial charge is 0.497 e. The number of ether oxygens (including phenoxy) is 2. The number of carbonyl (C=O) groups excluding carboxylic acids is 1. The molecule has 0 bridgehead atoms. The monoisotopic (exact) mass is 342 g/mol. The summed E-state index contributed by atoms with van der Waals surface area (Å²) in [5.41, 5.74) is 4.54. The lowest BCUT2D eigenvalue weighted by Gasteiger charge is -2.14. The molecule has 0 saturated carbocycles. The molecule has 1 amide bonds. The van der Waals surface area contributed by atoms with Crippen molar-refractivity contribution in [2.45, 2.75) is 20.8 Å². The molecule has 0 unspecified atom stereocenters. The molecule has 0 atom stereocenters. The number of hydrogen-bond acceptors (Lipinski definition) is 4. The first-order chi connectivity index (χ1) is 12.0. The van der Waals surface area contributed by atoms with E-state index < -0.39 is 0 Å². The number of rotatable bonds is 8. The second-order valence-corrected chi connectivity index (χ2v) is 6.00. The van der Waals surface area contributed by atoms with Gasteiger partial charge in [0.05, 0.1) is 20.2 Å². The van der Waals surface area contributed by atoms with Crippen LogP contribution in [0.2, 0.25) is 0 Å². The van der Waals surface area contributed by atoms with Gasteiger partial charge in [-0.1, -0.05) is 17.7 Å². The zero-order valence-corrected chi connectivity index (χ0v) is 15.3. The van der Waals surface area contributed by atoms with Crippen molar-refractivity contribution in [1.29, 1.82) is 0 Å². The van der Waals surface area contributed by atoms with Gasteiger partial charge in [0.25, 0.3) is 0 Å². The molecule has 0 aromatic heterocycles. The fourth-order valence-corrected chi connectivity index (χ4v) is 2.72. The minimum absolute atomic E-state index is 0.0577. The first kappa shape index (κ1) is 18.6. The zero-order valence-electron chi connectivity index (χ0n) is 15.3. The van der Waals surface area contributed by atoms with Gasteiger partial charge >= 0.3 is 0 Å². The molecule has 0 saturated heterocycles. The third kappa shape index (κ3) is 5.71. The third-order valence-corrected chi connectivity index (χ3v) is 3.86. The molecule has 2 N–H and O–H groups in total. The van der Waals surface area contributed by atoms with E-state index in [-0.39, 0.29) is 12.5 Å². The summed E-state index contributed by atoms with van der Waals surface area (Å²) in [5.74, 6) is 1.48. The molecule has 0 aliphatic rings. The Hall–Kier alpha value is -2.69. The summed E-state index contributed by atoms with van der Waals surface area (Å²) in [6.07, 6.45) is 0. The summed E-state index contributed by atoms with van der Waals surface area (Å²) in [6.45, 7) is 7.28. The normalized spacial score (nSPS) is 10.2. The van der Waals surface area contributed by atoms with Crippen LogP contribution < -0.4 is 20.1 Å². The Morgan fingerprint density at radius 2 is 1.60 bits per heavy atom. The van der Waals surface area contributed by atoms with Crippen LogP contribution in [0, 0.1) is 20.8 Å². The van der Waals surface area contributed by atoms with Gasteiger partial charge in [-0.15, -0.1) is 0 Å². The fourth-order valence-electron chi connectivity index (χ4n) is 2.72. The van der Waals surface area contributed by atoms with Gasteiger partial charge in [0.15, 0.2) is 0 Å². The molecule has 2 aromatic carbocycles. The molecule has 0 heterocycles. The van der Waals surface area contributed by atoms with E-state index in [1.807, 2.05) is 38.1 Å². The molecule has 134 valence electrons. The Morgan fingerprint density at radius 1 is 1.00 bits per heavy atom. The zero-order chi connectivity index (χ0) is 18.2. The van der Waals surface area contributed by atoms with Gasteiger partial charge in [0.2, 0.25) is 5.91 Å². The smallest absolute Gasteiger partial charge is 0.239 e. The van der Waals surface area contributed by atoms with E-state index in [2.05, 4.69) is 29.7 Å².